The summed E-state index contributed by atoms with van der Waals surface area (Å²) in [5.41, 5.74) is 7.25. The number of fused-ring (bicyclic) bond motifs is 2. The molecule has 12 heteroatoms. The number of amides is 1. The maximum Gasteiger partial charge on any atom is 0.511 e. The second-order valence-electron chi connectivity index (χ2n) is 10.8. The van der Waals surface area contributed by atoms with E-state index >= 15 is 0 Å². The largest absolute Gasteiger partial charge is 0.511 e. The number of benzene rings is 4. The molecule has 5 aromatic rings. The van der Waals surface area contributed by atoms with Crippen molar-refractivity contribution in [3.8, 4) is 16.9 Å². The third-order valence-corrected chi connectivity index (χ3v) is 7.63. The van der Waals surface area contributed by atoms with Crippen LogP contribution in [0.15, 0.2) is 91.0 Å². The first-order valence-corrected chi connectivity index (χ1v) is 14.7. The van der Waals surface area contributed by atoms with E-state index in [1.54, 1.807) is 12.1 Å². The quantitative estimate of drug-likeness (QED) is 0.130. The third-order valence-electron chi connectivity index (χ3n) is 7.63. The third kappa shape index (κ3) is 7.43. The van der Waals surface area contributed by atoms with Gasteiger partial charge in [0, 0.05) is 29.8 Å². The molecule has 1 aromatic heterocycles. The van der Waals surface area contributed by atoms with Gasteiger partial charge in [-0.3, -0.25) is 4.79 Å². The van der Waals surface area contributed by atoms with Gasteiger partial charge in [-0.1, -0.05) is 74.0 Å². The van der Waals surface area contributed by atoms with Gasteiger partial charge in [-0.25, -0.2) is 14.6 Å². The minimum absolute atomic E-state index is 0.0231. The zero-order valence-electron chi connectivity index (χ0n) is 25.2. The van der Waals surface area contributed by atoms with Crippen molar-refractivity contribution in [1.29, 1.82) is 0 Å². The van der Waals surface area contributed by atoms with Crippen LogP contribution in [0.4, 0.5) is 23.7 Å². The first kappa shape index (κ1) is 32.7. The van der Waals surface area contributed by atoms with E-state index in [0.29, 0.717) is 24.4 Å². The van der Waals surface area contributed by atoms with Crippen LogP contribution in [0, 0.1) is 0 Å². The average molecular weight is 646 g/mol. The van der Waals surface area contributed by atoms with Crippen LogP contribution in [0.3, 0.4) is 0 Å². The van der Waals surface area contributed by atoms with Crippen molar-refractivity contribution in [2.24, 2.45) is 0 Å². The Labute approximate surface area is 267 Å². The summed E-state index contributed by atoms with van der Waals surface area (Å²) >= 11 is 0. The minimum Gasteiger partial charge on any atom is -0.475 e. The zero-order valence-corrected chi connectivity index (χ0v) is 25.2. The number of carbonyl (C=O) groups excluding carboxylic acids is 1. The van der Waals surface area contributed by atoms with Gasteiger partial charge >= 0.3 is 18.3 Å². The molecular formula is C35H30F3N3O6. The lowest BCUT2D eigenvalue weighted by atomic mass is 10.0. The molecule has 0 saturated heterocycles. The number of halogens is 3. The molecule has 2 heterocycles. The minimum atomic E-state index is -5.08. The molecule has 1 amide bonds. The Morgan fingerprint density at radius 1 is 0.915 bits per heavy atom. The van der Waals surface area contributed by atoms with E-state index in [1.165, 1.54) is 0 Å². The lowest BCUT2D eigenvalue weighted by Gasteiger charge is -2.17. The van der Waals surface area contributed by atoms with Crippen LogP contribution in [-0.2, 0) is 24.3 Å². The molecule has 9 nitrogen and oxygen atoms in total. The summed E-state index contributed by atoms with van der Waals surface area (Å²) < 4.78 is 39.0. The second kappa shape index (κ2) is 13.8. The fourth-order valence-corrected chi connectivity index (χ4v) is 5.35. The summed E-state index contributed by atoms with van der Waals surface area (Å²) in [4.78, 5) is 40.0. The van der Waals surface area contributed by atoms with Crippen LogP contribution in [0.25, 0.3) is 22.2 Å². The van der Waals surface area contributed by atoms with Crippen LogP contribution < -0.4 is 9.64 Å². The van der Waals surface area contributed by atoms with Crippen molar-refractivity contribution in [2.45, 2.75) is 45.5 Å². The number of unbranched alkanes of at least 4 members (excludes halogenated alkanes) is 1. The Kier molecular flexibility index (Phi) is 9.59. The molecule has 0 bridgehead atoms. The summed E-state index contributed by atoms with van der Waals surface area (Å²) in [5.74, 6) is -1.41. The molecule has 1 aliphatic rings. The number of rotatable bonds is 8. The van der Waals surface area contributed by atoms with Gasteiger partial charge in [0.25, 0.3) is 5.91 Å². The van der Waals surface area contributed by atoms with Gasteiger partial charge in [0.1, 0.15) is 11.6 Å². The van der Waals surface area contributed by atoms with Crippen LogP contribution in [-0.4, -0.2) is 44.0 Å². The number of aromatic nitrogens is 2. The number of ether oxygens (including phenoxy) is 1. The molecule has 0 radical (unpaired) electrons. The monoisotopic (exact) mass is 645 g/mol. The average Bonchev–Trinajstić information content (AvgIpc) is 3.56. The lowest BCUT2D eigenvalue weighted by Crippen LogP contribution is -2.22. The first-order chi connectivity index (χ1) is 22.5. The van der Waals surface area contributed by atoms with E-state index in [9.17, 15) is 22.8 Å². The Hall–Kier alpha value is -5.65. The van der Waals surface area contributed by atoms with Gasteiger partial charge in [0.05, 0.1) is 17.6 Å². The highest BCUT2D eigenvalue weighted by molar-refractivity contribution is 6.10. The Morgan fingerprint density at radius 3 is 2.21 bits per heavy atom. The number of carbonyl (C=O) groups is 3. The molecule has 0 aliphatic carbocycles. The highest BCUT2D eigenvalue weighted by Gasteiger charge is 2.38. The molecule has 2 N–H and O–H groups in total. The lowest BCUT2D eigenvalue weighted by molar-refractivity contribution is -0.192. The van der Waals surface area contributed by atoms with E-state index in [4.69, 9.17) is 24.7 Å². The van der Waals surface area contributed by atoms with Crippen LogP contribution in [0.5, 0.6) is 5.75 Å². The number of carboxylic acids is 1. The predicted molar refractivity (Wildman–Crippen MR) is 169 cm³/mol. The van der Waals surface area contributed by atoms with Crippen molar-refractivity contribution >= 4 is 34.8 Å². The summed E-state index contributed by atoms with van der Waals surface area (Å²) in [6.07, 6.45) is -3.45. The molecule has 0 saturated carbocycles. The number of aliphatic carboxylic acids is 1. The van der Waals surface area contributed by atoms with Crippen molar-refractivity contribution in [3.63, 3.8) is 0 Å². The zero-order chi connectivity index (χ0) is 33.7. The number of anilines is 1. The van der Waals surface area contributed by atoms with E-state index in [-0.39, 0.29) is 5.91 Å². The molecule has 4 aromatic carbocycles. The predicted octanol–water partition coefficient (Wildman–Crippen LogP) is 7.94. The number of aryl methyl sites for hydroxylation is 1. The Morgan fingerprint density at radius 2 is 1.57 bits per heavy atom. The SMILES string of the molecule is CCCCc1nc2ccc(N3Cc4ccccc4C3=O)cc2n1Cc1ccc(-c2ccccc2OC(=O)O)cc1.O=C(O)C(F)(F)F. The maximum atomic E-state index is 13.1. The number of alkyl halides is 3. The fraction of sp³-hybridized carbons (Fsp3) is 0.200. The number of carboxylic acid groups (broad SMARTS) is 2. The fourth-order valence-electron chi connectivity index (χ4n) is 5.35. The second-order valence-corrected chi connectivity index (χ2v) is 10.8. The van der Waals surface area contributed by atoms with Crippen LogP contribution >= 0.6 is 0 Å². The Bertz CT molecular complexity index is 1940. The number of para-hydroxylation sites is 1. The molecule has 47 heavy (non-hydrogen) atoms. The van der Waals surface area contributed by atoms with Gasteiger partial charge < -0.3 is 24.4 Å². The van der Waals surface area contributed by atoms with Crippen molar-refractivity contribution < 1.29 is 42.5 Å². The maximum absolute atomic E-state index is 13.1. The molecule has 0 atom stereocenters. The van der Waals surface area contributed by atoms with E-state index in [1.807, 2.05) is 77.7 Å². The van der Waals surface area contributed by atoms with E-state index in [0.717, 1.165) is 64.1 Å². The van der Waals surface area contributed by atoms with Crippen LogP contribution in [0.1, 0.15) is 47.1 Å². The van der Waals surface area contributed by atoms with Gasteiger partial charge in [-0.05, 0) is 53.4 Å². The molecule has 0 spiro atoms. The summed E-state index contributed by atoms with van der Waals surface area (Å²) in [6.45, 7) is 3.36. The van der Waals surface area contributed by atoms with Gasteiger partial charge in [0.15, 0.2) is 0 Å². The topological polar surface area (TPSA) is 122 Å². The molecular weight excluding hydrogens is 615 g/mol. The summed E-state index contributed by atoms with van der Waals surface area (Å²) in [6, 6.07) is 29.0. The summed E-state index contributed by atoms with van der Waals surface area (Å²) in [5, 5.41) is 16.2. The molecule has 0 fully saturated rings. The van der Waals surface area contributed by atoms with Crippen molar-refractivity contribution in [1.82, 2.24) is 9.55 Å². The van der Waals surface area contributed by atoms with Gasteiger partial charge in [0.2, 0.25) is 0 Å². The van der Waals surface area contributed by atoms with Gasteiger partial charge in [-0.2, -0.15) is 13.2 Å². The number of hydrogen-bond donors (Lipinski definition) is 2. The van der Waals surface area contributed by atoms with E-state index in [2.05, 4.69) is 17.6 Å². The highest BCUT2D eigenvalue weighted by atomic mass is 19.4. The van der Waals surface area contributed by atoms with E-state index < -0.39 is 18.3 Å². The highest BCUT2D eigenvalue weighted by Crippen LogP contribution is 2.33. The number of nitrogens with zero attached hydrogens (tertiary/aromatic N) is 3. The molecule has 0 unspecified atom stereocenters. The number of imidazole rings is 1. The molecule has 1 aliphatic heterocycles. The summed E-state index contributed by atoms with van der Waals surface area (Å²) in [7, 11) is 0. The molecule has 242 valence electrons. The van der Waals surface area contributed by atoms with Gasteiger partial charge in [-0.15, -0.1) is 0 Å². The smallest absolute Gasteiger partial charge is 0.475 e. The Balaban J connectivity index is 0.000000559. The number of hydrogen-bond acceptors (Lipinski definition) is 5. The van der Waals surface area contributed by atoms with Crippen molar-refractivity contribution in [2.75, 3.05) is 4.90 Å². The normalized spacial score (nSPS) is 12.4. The van der Waals surface area contributed by atoms with Crippen molar-refractivity contribution in [3.05, 3.63) is 114 Å². The first-order valence-electron chi connectivity index (χ1n) is 14.7. The standard InChI is InChI=1S/C33H29N3O4.C2HF3O2/c1-2-3-12-31-34-28-18-17-25(35-21-24-8-4-5-10-27(24)32(35)37)19-29(28)36(31)20-22-13-15-23(16-14-22)26-9-6-7-11-30(26)40-33(38)39;3-2(4,5)1(6)7/h4-11,13-19H,2-3,12,20-21H2,1H3,(H,38,39);(H,6,7). The van der Waals surface area contributed by atoms with Crippen LogP contribution in [0.2, 0.25) is 0 Å². The molecule has 6 rings (SSSR count).